The minimum absolute atomic E-state index is 0.0436. The molecule has 128 valence electrons. The monoisotopic (exact) mass is 334 g/mol. The van der Waals surface area contributed by atoms with E-state index >= 15 is 0 Å². The molecule has 0 saturated carbocycles. The number of carbonyl (C=O) groups excluding carboxylic acids is 3. The smallest absolute Gasteiger partial charge is 0.303 e. The first-order valence-electron chi connectivity index (χ1n) is 7.37. The Hall–Kier alpha value is -2.90. The van der Waals surface area contributed by atoms with Gasteiger partial charge in [0.1, 0.15) is 18.4 Å². The van der Waals surface area contributed by atoms with Crippen LogP contribution < -0.4 is 10.5 Å². The third-order valence-corrected chi connectivity index (χ3v) is 3.69. The number of benzene rings is 1. The number of carbonyl (C=O) groups is 4. The predicted molar refractivity (Wildman–Crippen MR) is 82.3 cm³/mol. The van der Waals surface area contributed by atoms with E-state index in [1.165, 1.54) is 11.8 Å². The van der Waals surface area contributed by atoms with Crippen molar-refractivity contribution in [1.82, 2.24) is 4.90 Å². The fraction of sp³-hybridized carbons (Fsp3) is 0.375. The zero-order valence-electron chi connectivity index (χ0n) is 13.2. The summed E-state index contributed by atoms with van der Waals surface area (Å²) in [5.74, 6) is -1.87. The van der Waals surface area contributed by atoms with Crippen LogP contribution in [0.4, 0.5) is 0 Å². The van der Waals surface area contributed by atoms with Crippen LogP contribution in [0.15, 0.2) is 18.2 Å². The summed E-state index contributed by atoms with van der Waals surface area (Å²) in [5, 5.41) is 8.77. The first kappa shape index (κ1) is 17.5. The summed E-state index contributed by atoms with van der Waals surface area (Å²) in [6.45, 7) is 1.47. The van der Waals surface area contributed by atoms with E-state index in [1.807, 2.05) is 0 Å². The SMILES string of the molecule is CC(=O)COc1ccc2c(c1)CN([C@H](CCC(=O)O)C(N)=O)C2=O. The standard InChI is InChI=1S/C16H18N2O6/c1-9(19)8-24-11-2-3-12-10(6-11)7-18(16(12)23)13(15(17)22)4-5-14(20)21/h2-3,6,13H,4-5,7-8H2,1H3,(H2,17,22)(H,20,21)/t13-/m1/s1. The van der Waals surface area contributed by atoms with Crippen LogP contribution in [0.1, 0.15) is 35.7 Å². The Labute approximate surface area is 138 Å². The number of primary amides is 1. The van der Waals surface area contributed by atoms with Gasteiger partial charge in [-0.3, -0.25) is 19.2 Å². The highest BCUT2D eigenvalue weighted by Gasteiger charge is 2.35. The van der Waals surface area contributed by atoms with Crippen molar-refractivity contribution in [2.24, 2.45) is 5.73 Å². The van der Waals surface area contributed by atoms with Gasteiger partial charge in [0.15, 0.2) is 5.78 Å². The quantitative estimate of drug-likeness (QED) is 0.705. The van der Waals surface area contributed by atoms with Gasteiger partial charge in [0, 0.05) is 18.5 Å². The molecule has 0 aliphatic carbocycles. The van der Waals surface area contributed by atoms with Crippen molar-refractivity contribution < 1.29 is 29.0 Å². The van der Waals surface area contributed by atoms with Crippen LogP contribution in [0.25, 0.3) is 0 Å². The molecule has 0 fully saturated rings. The summed E-state index contributed by atoms with van der Waals surface area (Å²) in [6.07, 6.45) is -0.307. The molecule has 8 nitrogen and oxygen atoms in total. The minimum Gasteiger partial charge on any atom is -0.486 e. The van der Waals surface area contributed by atoms with Crippen LogP contribution in [-0.2, 0) is 20.9 Å². The molecule has 0 saturated heterocycles. The number of carboxylic acid groups (broad SMARTS) is 1. The molecule has 1 aliphatic rings. The van der Waals surface area contributed by atoms with Gasteiger partial charge in [0.25, 0.3) is 5.91 Å². The molecular formula is C16H18N2O6. The van der Waals surface area contributed by atoms with Crippen LogP contribution in [-0.4, -0.2) is 46.2 Å². The number of ketones is 1. The van der Waals surface area contributed by atoms with Gasteiger partial charge in [-0.15, -0.1) is 0 Å². The van der Waals surface area contributed by atoms with Gasteiger partial charge in [-0.1, -0.05) is 0 Å². The van der Waals surface area contributed by atoms with Crippen LogP contribution >= 0.6 is 0 Å². The molecule has 1 aromatic rings. The molecule has 3 N–H and O–H groups in total. The number of nitrogens with two attached hydrogens (primary N) is 1. The first-order valence-corrected chi connectivity index (χ1v) is 7.37. The highest BCUT2D eigenvalue weighted by molar-refractivity contribution is 6.01. The van der Waals surface area contributed by atoms with Crippen molar-refractivity contribution in [1.29, 1.82) is 0 Å². The van der Waals surface area contributed by atoms with Crippen LogP contribution in [0.5, 0.6) is 5.75 Å². The minimum atomic E-state index is -1.06. The summed E-state index contributed by atoms with van der Waals surface area (Å²) >= 11 is 0. The Balaban J connectivity index is 2.17. The highest BCUT2D eigenvalue weighted by atomic mass is 16.5. The molecule has 0 aromatic heterocycles. The van der Waals surface area contributed by atoms with E-state index < -0.39 is 17.9 Å². The lowest BCUT2D eigenvalue weighted by atomic mass is 10.1. The Morgan fingerprint density at radius 1 is 1.38 bits per heavy atom. The number of hydrogen-bond donors (Lipinski definition) is 2. The summed E-state index contributed by atoms with van der Waals surface area (Å²) in [7, 11) is 0. The molecule has 0 bridgehead atoms. The number of amides is 2. The molecule has 1 heterocycles. The number of Topliss-reactive ketones (excluding diaryl/α,β-unsaturated/α-hetero) is 1. The lowest BCUT2D eigenvalue weighted by Crippen LogP contribution is -2.45. The van der Waals surface area contributed by atoms with Crippen molar-refractivity contribution >= 4 is 23.6 Å². The normalized spacial score (nSPS) is 14.2. The van der Waals surface area contributed by atoms with E-state index in [2.05, 4.69) is 0 Å². The first-order chi connectivity index (χ1) is 11.3. The van der Waals surface area contributed by atoms with Crippen molar-refractivity contribution in [3.63, 3.8) is 0 Å². The lowest BCUT2D eigenvalue weighted by Gasteiger charge is -2.24. The van der Waals surface area contributed by atoms with Gasteiger partial charge < -0.3 is 20.5 Å². The molecule has 2 rings (SSSR count). The van der Waals surface area contributed by atoms with Gasteiger partial charge in [-0.25, -0.2) is 0 Å². The Bertz CT molecular complexity index is 700. The number of ether oxygens (including phenoxy) is 1. The van der Waals surface area contributed by atoms with Crippen LogP contribution in [0, 0.1) is 0 Å². The number of hydrogen-bond acceptors (Lipinski definition) is 5. The fourth-order valence-corrected chi connectivity index (χ4v) is 2.56. The lowest BCUT2D eigenvalue weighted by molar-refractivity contribution is -0.137. The van der Waals surface area contributed by atoms with Crippen LogP contribution in [0.2, 0.25) is 0 Å². The van der Waals surface area contributed by atoms with Gasteiger partial charge in [0.2, 0.25) is 5.91 Å². The number of rotatable bonds is 8. The maximum Gasteiger partial charge on any atom is 0.303 e. The molecule has 1 atom stereocenters. The van der Waals surface area contributed by atoms with E-state index in [4.69, 9.17) is 15.6 Å². The van der Waals surface area contributed by atoms with E-state index in [9.17, 15) is 19.2 Å². The summed E-state index contributed by atoms with van der Waals surface area (Å²) in [4.78, 5) is 47.0. The predicted octanol–water partition coefficient (Wildman–Crippen LogP) is 0.329. The zero-order valence-corrected chi connectivity index (χ0v) is 13.2. The maximum absolute atomic E-state index is 12.4. The molecule has 8 heteroatoms. The number of aliphatic carboxylic acids is 1. The Kier molecular flexibility index (Phi) is 5.18. The fourth-order valence-electron chi connectivity index (χ4n) is 2.56. The third-order valence-electron chi connectivity index (χ3n) is 3.69. The van der Waals surface area contributed by atoms with Gasteiger partial charge in [0.05, 0.1) is 0 Å². The second-order valence-corrected chi connectivity index (χ2v) is 5.59. The van der Waals surface area contributed by atoms with Crippen LogP contribution in [0.3, 0.4) is 0 Å². The van der Waals surface area contributed by atoms with Crippen molar-refractivity contribution in [2.75, 3.05) is 6.61 Å². The molecular weight excluding hydrogens is 316 g/mol. The molecule has 0 radical (unpaired) electrons. The Morgan fingerprint density at radius 2 is 2.08 bits per heavy atom. The van der Waals surface area contributed by atoms with Gasteiger partial charge in [-0.2, -0.15) is 0 Å². The molecule has 1 aromatic carbocycles. The summed E-state index contributed by atoms with van der Waals surface area (Å²) in [5.41, 5.74) is 6.37. The highest BCUT2D eigenvalue weighted by Crippen LogP contribution is 2.29. The van der Waals surface area contributed by atoms with Crippen molar-refractivity contribution in [3.05, 3.63) is 29.3 Å². The average Bonchev–Trinajstić information content (AvgIpc) is 2.81. The molecule has 1 aliphatic heterocycles. The number of nitrogens with zero attached hydrogens (tertiary/aromatic N) is 1. The zero-order chi connectivity index (χ0) is 17.9. The number of carboxylic acids is 1. The van der Waals surface area contributed by atoms with E-state index in [0.717, 1.165) is 0 Å². The molecule has 0 unspecified atom stereocenters. The molecule has 2 amide bonds. The second-order valence-electron chi connectivity index (χ2n) is 5.59. The summed E-state index contributed by atoms with van der Waals surface area (Å²) < 4.78 is 5.30. The third kappa shape index (κ3) is 3.89. The average molecular weight is 334 g/mol. The van der Waals surface area contributed by atoms with E-state index in [1.54, 1.807) is 18.2 Å². The molecule has 24 heavy (non-hydrogen) atoms. The largest absolute Gasteiger partial charge is 0.486 e. The topological polar surface area (TPSA) is 127 Å². The van der Waals surface area contributed by atoms with E-state index in [0.29, 0.717) is 16.9 Å². The van der Waals surface area contributed by atoms with E-state index in [-0.39, 0.29) is 37.7 Å². The second kappa shape index (κ2) is 7.12. The van der Waals surface area contributed by atoms with Gasteiger partial charge >= 0.3 is 5.97 Å². The van der Waals surface area contributed by atoms with Gasteiger partial charge in [-0.05, 0) is 37.1 Å². The Morgan fingerprint density at radius 3 is 2.67 bits per heavy atom. The number of fused-ring (bicyclic) bond motifs is 1. The molecule has 0 spiro atoms. The van der Waals surface area contributed by atoms with Crippen molar-refractivity contribution in [2.45, 2.75) is 32.4 Å². The maximum atomic E-state index is 12.4. The van der Waals surface area contributed by atoms with Crippen molar-refractivity contribution in [3.8, 4) is 5.75 Å². The summed E-state index contributed by atoms with van der Waals surface area (Å²) in [6, 6.07) is 3.77.